The summed E-state index contributed by atoms with van der Waals surface area (Å²) in [4.78, 5) is 26.2. The van der Waals surface area contributed by atoms with Gasteiger partial charge in [0.15, 0.2) is 0 Å². The van der Waals surface area contributed by atoms with E-state index in [4.69, 9.17) is 0 Å². The summed E-state index contributed by atoms with van der Waals surface area (Å²) in [5.74, 6) is -0.925. The average Bonchev–Trinajstić information content (AvgIpc) is 3.15. The smallest absolute Gasteiger partial charge is 0.318 e. The van der Waals surface area contributed by atoms with E-state index >= 15 is 0 Å². The number of aromatic nitrogens is 1. The molecule has 1 aliphatic heterocycles. The van der Waals surface area contributed by atoms with Crippen molar-refractivity contribution >= 4 is 33.9 Å². The van der Waals surface area contributed by atoms with Gasteiger partial charge < -0.3 is 9.88 Å². The first kappa shape index (κ1) is 21.1. The van der Waals surface area contributed by atoms with Crippen LogP contribution >= 0.6 is 15.9 Å². The van der Waals surface area contributed by atoms with Gasteiger partial charge in [-0.05, 0) is 68.3 Å². The lowest BCUT2D eigenvalue weighted by Crippen LogP contribution is -2.30. The number of carbonyl (C=O) groups excluding carboxylic acids is 2. The molecule has 1 saturated heterocycles. The number of hydrogen-bond acceptors (Lipinski definition) is 2. The van der Waals surface area contributed by atoms with Crippen molar-refractivity contribution < 1.29 is 14.0 Å². The van der Waals surface area contributed by atoms with Gasteiger partial charge in [-0.2, -0.15) is 0 Å². The standard InChI is InChI=1S/C24H21BrFN3O2/c1-14-10-19(8-9-20(14)25)29-15(2)11-18(16(29)3)12-22-23(30)28(24(31)27-22)13-17-6-4-5-7-21(17)26/h4-12H,13H2,1-3H3,(H,27,31)/b22-12+. The molecular weight excluding hydrogens is 461 g/mol. The normalized spacial score (nSPS) is 15.1. The summed E-state index contributed by atoms with van der Waals surface area (Å²) in [6, 6.07) is 13.6. The zero-order valence-electron chi connectivity index (χ0n) is 17.4. The molecule has 0 bridgehead atoms. The predicted molar refractivity (Wildman–Crippen MR) is 121 cm³/mol. The number of halogens is 2. The first-order valence-electron chi connectivity index (χ1n) is 9.79. The fourth-order valence-corrected chi connectivity index (χ4v) is 4.01. The van der Waals surface area contributed by atoms with Crippen LogP contribution in [0.25, 0.3) is 11.8 Å². The lowest BCUT2D eigenvalue weighted by molar-refractivity contribution is -0.123. The summed E-state index contributed by atoms with van der Waals surface area (Å²) >= 11 is 3.52. The first-order valence-corrected chi connectivity index (χ1v) is 10.6. The van der Waals surface area contributed by atoms with Crippen molar-refractivity contribution in [2.45, 2.75) is 27.3 Å². The molecule has 158 valence electrons. The van der Waals surface area contributed by atoms with Crippen LogP contribution in [-0.2, 0) is 11.3 Å². The number of amides is 3. The molecule has 1 aliphatic rings. The summed E-state index contributed by atoms with van der Waals surface area (Å²) < 4.78 is 17.1. The Bertz CT molecular complexity index is 1250. The molecule has 0 atom stereocenters. The summed E-state index contributed by atoms with van der Waals surface area (Å²) in [6.07, 6.45) is 1.67. The van der Waals surface area contributed by atoms with Crippen LogP contribution < -0.4 is 5.32 Å². The van der Waals surface area contributed by atoms with Crippen molar-refractivity contribution in [3.05, 3.63) is 92.6 Å². The molecule has 1 fully saturated rings. The van der Waals surface area contributed by atoms with E-state index in [-0.39, 0.29) is 17.8 Å². The highest BCUT2D eigenvalue weighted by molar-refractivity contribution is 9.10. The van der Waals surface area contributed by atoms with Crippen LogP contribution in [-0.4, -0.2) is 21.4 Å². The van der Waals surface area contributed by atoms with Crippen molar-refractivity contribution in [1.82, 2.24) is 14.8 Å². The van der Waals surface area contributed by atoms with Gasteiger partial charge in [0.25, 0.3) is 5.91 Å². The maximum atomic E-state index is 14.0. The van der Waals surface area contributed by atoms with Gasteiger partial charge in [0.05, 0.1) is 6.54 Å². The van der Waals surface area contributed by atoms with Gasteiger partial charge in [-0.25, -0.2) is 9.18 Å². The van der Waals surface area contributed by atoms with Gasteiger partial charge in [-0.15, -0.1) is 0 Å². The summed E-state index contributed by atoms with van der Waals surface area (Å²) in [6.45, 7) is 5.87. The third-order valence-electron chi connectivity index (χ3n) is 5.42. The highest BCUT2D eigenvalue weighted by atomic mass is 79.9. The monoisotopic (exact) mass is 481 g/mol. The van der Waals surface area contributed by atoms with Gasteiger partial charge in [0, 0.05) is 27.1 Å². The number of benzene rings is 2. The highest BCUT2D eigenvalue weighted by Crippen LogP contribution is 2.27. The van der Waals surface area contributed by atoms with Crippen molar-refractivity contribution in [3.63, 3.8) is 0 Å². The fraction of sp³-hybridized carbons (Fsp3) is 0.167. The molecule has 2 heterocycles. The van der Waals surface area contributed by atoms with Crippen LogP contribution in [0, 0.1) is 26.6 Å². The average molecular weight is 482 g/mol. The molecule has 0 radical (unpaired) electrons. The molecule has 3 aromatic rings. The largest absolute Gasteiger partial charge is 0.329 e. The molecule has 0 spiro atoms. The number of imide groups is 1. The Morgan fingerprint density at radius 2 is 1.81 bits per heavy atom. The van der Waals surface area contributed by atoms with E-state index in [1.54, 1.807) is 24.3 Å². The number of hydrogen-bond donors (Lipinski definition) is 1. The van der Waals surface area contributed by atoms with Crippen LogP contribution in [0.2, 0.25) is 0 Å². The Hall–Kier alpha value is -3.19. The van der Waals surface area contributed by atoms with E-state index in [1.807, 2.05) is 39.0 Å². The lowest BCUT2D eigenvalue weighted by atomic mass is 10.2. The number of carbonyl (C=O) groups is 2. The minimum atomic E-state index is -0.558. The lowest BCUT2D eigenvalue weighted by Gasteiger charge is -2.12. The number of aryl methyl sites for hydroxylation is 2. The second-order valence-electron chi connectivity index (χ2n) is 7.57. The topological polar surface area (TPSA) is 54.3 Å². The Kier molecular flexibility index (Phi) is 5.54. The number of nitrogens with zero attached hydrogens (tertiary/aromatic N) is 2. The Labute approximate surface area is 188 Å². The SMILES string of the molecule is Cc1cc(-n2c(C)cc(/C=C3/NC(=O)N(Cc4ccccc4F)C3=O)c2C)ccc1Br. The molecule has 1 N–H and O–H groups in total. The van der Waals surface area contributed by atoms with Gasteiger partial charge in [-0.3, -0.25) is 9.69 Å². The quantitative estimate of drug-likeness (QED) is 0.400. The predicted octanol–water partition coefficient (Wildman–Crippen LogP) is 5.40. The zero-order chi connectivity index (χ0) is 22.3. The van der Waals surface area contributed by atoms with E-state index in [0.29, 0.717) is 0 Å². The van der Waals surface area contributed by atoms with E-state index in [1.165, 1.54) is 6.07 Å². The van der Waals surface area contributed by atoms with E-state index in [2.05, 4.69) is 31.9 Å². The molecule has 7 heteroatoms. The first-order chi connectivity index (χ1) is 14.8. The summed E-state index contributed by atoms with van der Waals surface area (Å²) in [5.41, 5.74) is 5.38. The molecule has 0 aliphatic carbocycles. The van der Waals surface area contributed by atoms with Crippen molar-refractivity contribution in [3.8, 4) is 5.69 Å². The number of urea groups is 1. The highest BCUT2D eigenvalue weighted by Gasteiger charge is 2.34. The molecule has 3 amide bonds. The van der Waals surface area contributed by atoms with Gasteiger partial charge in [-0.1, -0.05) is 34.1 Å². The van der Waals surface area contributed by atoms with Crippen LogP contribution in [0.1, 0.15) is 28.1 Å². The minimum absolute atomic E-state index is 0.119. The van der Waals surface area contributed by atoms with Crippen molar-refractivity contribution in [2.24, 2.45) is 0 Å². The van der Waals surface area contributed by atoms with Gasteiger partial charge >= 0.3 is 6.03 Å². The van der Waals surface area contributed by atoms with Crippen LogP contribution in [0.5, 0.6) is 0 Å². The molecule has 2 aromatic carbocycles. The summed E-state index contributed by atoms with van der Waals surface area (Å²) in [7, 11) is 0. The number of nitrogens with one attached hydrogen (secondary N) is 1. The van der Waals surface area contributed by atoms with Gasteiger partial charge in [0.2, 0.25) is 0 Å². The van der Waals surface area contributed by atoms with Crippen LogP contribution in [0.3, 0.4) is 0 Å². The second kappa shape index (κ2) is 8.15. The maximum Gasteiger partial charge on any atom is 0.329 e. The number of rotatable bonds is 4. The molecule has 1 aromatic heterocycles. The Morgan fingerprint density at radius 1 is 1.06 bits per heavy atom. The van der Waals surface area contributed by atoms with Gasteiger partial charge in [0.1, 0.15) is 11.5 Å². The van der Waals surface area contributed by atoms with Crippen LogP contribution in [0.4, 0.5) is 9.18 Å². The van der Waals surface area contributed by atoms with E-state index < -0.39 is 17.8 Å². The third-order valence-corrected chi connectivity index (χ3v) is 6.31. The fourth-order valence-electron chi connectivity index (χ4n) is 3.77. The van der Waals surface area contributed by atoms with E-state index in [9.17, 15) is 14.0 Å². The molecule has 5 nitrogen and oxygen atoms in total. The van der Waals surface area contributed by atoms with Crippen LogP contribution in [0.15, 0.2) is 58.7 Å². The zero-order valence-corrected chi connectivity index (χ0v) is 19.0. The Morgan fingerprint density at radius 3 is 2.52 bits per heavy atom. The van der Waals surface area contributed by atoms with Crippen molar-refractivity contribution in [1.29, 1.82) is 0 Å². The van der Waals surface area contributed by atoms with E-state index in [0.717, 1.165) is 37.6 Å². The summed E-state index contributed by atoms with van der Waals surface area (Å²) in [5, 5.41) is 2.61. The molecule has 4 rings (SSSR count). The molecule has 0 saturated carbocycles. The van der Waals surface area contributed by atoms with Crippen molar-refractivity contribution in [2.75, 3.05) is 0 Å². The molecule has 31 heavy (non-hydrogen) atoms. The molecule has 0 unspecified atom stereocenters. The third kappa shape index (κ3) is 3.93. The Balaban J connectivity index is 1.65. The second-order valence-corrected chi connectivity index (χ2v) is 8.42. The molecular formula is C24H21BrFN3O2. The minimum Gasteiger partial charge on any atom is -0.318 e. The maximum absolute atomic E-state index is 14.0.